The van der Waals surface area contributed by atoms with Crippen LogP contribution in [0.15, 0.2) is 54.6 Å². The van der Waals surface area contributed by atoms with Gasteiger partial charge in [0.2, 0.25) is 0 Å². The van der Waals surface area contributed by atoms with E-state index in [4.69, 9.17) is 0 Å². The largest absolute Gasteiger partial charge is 0.310 e. The van der Waals surface area contributed by atoms with Crippen LogP contribution < -0.4 is 5.32 Å². The SMILES string of the molecule is CC(NCC1(C)CCC1)c1ccc(-c2ccccc2)cc1. The molecule has 2 aromatic rings. The Morgan fingerprint density at radius 1 is 0.952 bits per heavy atom. The van der Waals surface area contributed by atoms with Gasteiger partial charge >= 0.3 is 0 Å². The second kappa shape index (κ2) is 6.03. The zero-order valence-corrected chi connectivity index (χ0v) is 13.1. The van der Waals surface area contributed by atoms with Gasteiger partial charge in [-0.1, -0.05) is 67.9 Å². The summed E-state index contributed by atoms with van der Waals surface area (Å²) in [6.45, 7) is 5.79. The fourth-order valence-electron chi connectivity index (χ4n) is 3.07. The summed E-state index contributed by atoms with van der Waals surface area (Å²) in [6.07, 6.45) is 4.15. The Labute approximate surface area is 128 Å². The normalized spacial score (nSPS) is 18.0. The molecule has 0 aliphatic heterocycles. The molecule has 1 N–H and O–H groups in total. The molecule has 0 amide bonds. The topological polar surface area (TPSA) is 12.0 Å². The lowest BCUT2D eigenvalue weighted by Gasteiger charge is -2.39. The first-order valence-electron chi connectivity index (χ1n) is 8.05. The third-order valence-corrected chi connectivity index (χ3v) is 4.91. The van der Waals surface area contributed by atoms with Gasteiger partial charge in [-0.3, -0.25) is 0 Å². The molecule has 1 saturated carbocycles. The minimum absolute atomic E-state index is 0.423. The highest BCUT2D eigenvalue weighted by Gasteiger charge is 2.31. The van der Waals surface area contributed by atoms with Gasteiger partial charge in [-0.15, -0.1) is 0 Å². The van der Waals surface area contributed by atoms with Crippen LogP contribution in [-0.4, -0.2) is 6.54 Å². The molecule has 1 aliphatic rings. The van der Waals surface area contributed by atoms with E-state index in [0.29, 0.717) is 11.5 Å². The molecule has 1 atom stereocenters. The van der Waals surface area contributed by atoms with E-state index in [2.05, 4.69) is 73.8 Å². The summed E-state index contributed by atoms with van der Waals surface area (Å²) in [6, 6.07) is 20.0. The molecule has 0 heterocycles. The van der Waals surface area contributed by atoms with Gasteiger partial charge in [0.25, 0.3) is 0 Å². The van der Waals surface area contributed by atoms with E-state index in [9.17, 15) is 0 Å². The molecule has 0 spiro atoms. The summed E-state index contributed by atoms with van der Waals surface area (Å²) in [5.74, 6) is 0. The number of rotatable bonds is 5. The maximum Gasteiger partial charge on any atom is 0.0292 e. The Bertz CT molecular complexity index is 567. The van der Waals surface area contributed by atoms with E-state index >= 15 is 0 Å². The van der Waals surface area contributed by atoms with Crippen LogP contribution in [0, 0.1) is 5.41 Å². The molecular weight excluding hydrogens is 254 g/mol. The molecule has 1 aliphatic carbocycles. The van der Waals surface area contributed by atoms with Gasteiger partial charge in [0.15, 0.2) is 0 Å². The second-order valence-corrected chi connectivity index (χ2v) is 6.75. The molecule has 1 nitrogen and oxygen atoms in total. The van der Waals surface area contributed by atoms with Gasteiger partial charge in [-0.2, -0.15) is 0 Å². The van der Waals surface area contributed by atoms with Crippen LogP contribution in [0.1, 0.15) is 44.7 Å². The van der Waals surface area contributed by atoms with Crippen molar-refractivity contribution >= 4 is 0 Å². The van der Waals surface area contributed by atoms with Gasteiger partial charge < -0.3 is 5.32 Å². The molecule has 1 heteroatoms. The van der Waals surface area contributed by atoms with Gasteiger partial charge in [0, 0.05) is 12.6 Å². The highest BCUT2D eigenvalue weighted by Crippen LogP contribution is 2.39. The van der Waals surface area contributed by atoms with Crippen molar-refractivity contribution in [2.24, 2.45) is 5.41 Å². The Morgan fingerprint density at radius 2 is 1.57 bits per heavy atom. The summed E-state index contributed by atoms with van der Waals surface area (Å²) in [5.41, 5.74) is 4.49. The highest BCUT2D eigenvalue weighted by molar-refractivity contribution is 5.63. The Hall–Kier alpha value is -1.60. The second-order valence-electron chi connectivity index (χ2n) is 6.75. The van der Waals surface area contributed by atoms with Crippen molar-refractivity contribution in [1.82, 2.24) is 5.32 Å². The third-order valence-electron chi connectivity index (χ3n) is 4.91. The van der Waals surface area contributed by atoms with E-state index < -0.39 is 0 Å². The minimum Gasteiger partial charge on any atom is -0.310 e. The molecule has 2 aromatic carbocycles. The van der Waals surface area contributed by atoms with Crippen molar-refractivity contribution in [1.29, 1.82) is 0 Å². The molecule has 21 heavy (non-hydrogen) atoms. The van der Waals surface area contributed by atoms with E-state index in [1.165, 1.54) is 36.0 Å². The van der Waals surface area contributed by atoms with Gasteiger partial charge in [0.1, 0.15) is 0 Å². The standard InChI is InChI=1S/C20H25N/c1-16(21-15-20(2)13-6-14-20)17-9-11-19(12-10-17)18-7-4-3-5-8-18/h3-5,7-12,16,21H,6,13-15H2,1-2H3. The number of benzene rings is 2. The summed E-state index contributed by atoms with van der Waals surface area (Å²) in [7, 11) is 0. The molecule has 1 unspecified atom stereocenters. The summed E-state index contributed by atoms with van der Waals surface area (Å²) in [4.78, 5) is 0. The van der Waals surface area contributed by atoms with E-state index in [-0.39, 0.29) is 0 Å². The number of nitrogens with one attached hydrogen (secondary N) is 1. The lowest BCUT2D eigenvalue weighted by atomic mass is 9.70. The van der Waals surface area contributed by atoms with E-state index in [1.807, 2.05) is 0 Å². The fourth-order valence-corrected chi connectivity index (χ4v) is 3.07. The summed E-state index contributed by atoms with van der Waals surface area (Å²) >= 11 is 0. The quantitative estimate of drug-likeness (QED) is 0.793. The third kappa shape index (κ3) is 3.36. The van der Waals surface area contributed by atoms with Crippen molar-refractivity contribution < 1.29 is 0 Å². The van der Waals surface area contributed by atoms with Crippen LogP contribution in [-0.2, 0) is 0 Å². The minimum atomic E-state index is 0.423. The van der Waals surface area contributed by atoms with Crippen molar-refractivity contribution in [3.8, 4) is 11.1 Å². The van der Waals surface area contributed by atoms with Crippen molar-refractivity contribution in [3.63, 3.8) is 0 Å². The smallest absolute Gasteiger partial charge is 0.0292 e. The highest BCUT2D eigenvalue weighted by atomic mass is 14.9. The van der Waals surface area contributed by atoms with Crippen LogP contribution in [0.2, 0.25) is 0 Å². The van der Waals surface area contributed by atoms with Crippen LogP contribution in [0.5, 0.6) is 0 Å². The number of hydrogen-bond donors (Lipinski definition) is 1. The Balaban J connectivity index is 1.63. The Morgan fingerprint density at radius 3 is 2.14 bits per heavy atom. The van der Waals surface area contributed by atoms with Crippen LogP contribution in [0.4, 0.5) is 0 Å². The molecule has 0 bridgehead atoms. The molecule has 0 radical (unpaired) electrons. The van der Waals surface area contributed by atoms with Gasteiger partial charge in [-0.25, -0.2) is 0 Å². The van der Waals surface area contributed by atoms with Crippen LogP contribution in [0.3, 0.4) is 0 Å². The maximum absolute atomic E-state index is 3.70. The monoisotopic (exact) mass is 279 g/mol. The zero-order valence-electron chi connectivity index (χ0n) is 13.1. The average molecular weight is 279 g/mol. The molecule has 110 valence electrons. The number of hydrogen-bond acceptors (Lipinski definition) is 1. The van der Waals surface area contributed by atoms with Crippen LogP contribution >= 0.6 is 0 Å². The summed E-state index contributed by atoms with van der Waals surface area (Å²) in [5, 5.41) is 3.70. The first-order valence-corrected chi connectivity index (χ1v) is 8.05. The van der Waals surface area contributed by atoms with E-state index in [0.717, 1.165) is 6.54 Å². The van der Waals surface area contributed by atoms with Gasteiger partial charge in [-0.05, 0) is 41.9 Å². The van der Waals surface area contributed by atoms with Crippen molar-refractivity contribution in [2.45, 2.75) is 39.2 Å². The molecule has 0 saturated heterocycles. The molecule has 0 aromatic heterocycles. The van der Waals surface area contributed by atoms with E-state index in [1.54, 1.807) is 0 Å². The first kappa shape index (κ1) is 14.3. The van der Waals surface area contributed by atoms with Crippen molar-refractivity contribution in [2.75, 3.05) is 6.54 Å². The predicted molar refractivity (Wildman–Crippen MR) is 90.3 cm³/mol. The Kier molecular flexibility index (Phi) is 4.12. The fraction of sp³-hybridized carbons (Fsp3) is 0.400. The molecular formula is C20H25N. The maximum atomic E-state index is 3.70. The average Bonchev–Trinajstić information content (AvgIpc) is 2.52. The zero-order chi connectivity index (χ0) is 14.7. The first-order chi connectivity index (χ1) is 10.2. The lowest BCUT2D eigenvalue weighted by molar-refractivity contribution is 0.152. The van der Waals surface area contributed by atoms with Gasteiger partial charge in [0.05, 0.1) is 0 Å². The predicted octanol–water partition coefficient (Wildman–Crippen LogP) is 5.19. The van der Waals surface area contributed by atoms with Crippen molar-refractivity contribution in [3.05, 3.63) is 60.2 Å². The van der Waals surface area contributed by atoms with Crippen LogP contribution in [0.25, 0.3) is 11.1 Å². The molecule has 3 rings (SSSR count). The lowest BCUT2D eigenvalue weighted by Crippen LogP contribution is -2.38. The molecule has 1 fully saturated rings. The summed E-state index contributed by atoms with van der Waals surface area (Å²) < 4.78 is 0.